The van der Waals surface area contributed by atoms with E-state index < -0.39 is 6.72 Å². The highest BCUT2D eigenvalue weighted by atomic mass is 32.5. The van der Waals surface area contributed by atoms with Crippen LogP contribution in [0.5, 0.6) is 0 Å². The van der Waals surface area contributed by atoms with Gasteiger partial charge < -0.3 is 4.89 Å². The van der Waals surface area contributed by atoms with Crippen LogP contribution >= 0.6 is 6.72 Å². The molecule has 2 N–H and O–H groups in total. The van der Waals surface area contributed by atoms with Gasteiger partial charge in [-0.3, -0.25) is 0 Å². The normalized spacial score (nSPS) is 18.7. The lowest BCUT2D eigenvalue weighted by Crippen LogP contribution is -1.80. The zero-order chi connectivity index (χ0) is 5.91. The first-order valence-electron chi connectivity index (χ1n) is 1.08. The van der Waals surface area contributed by atoms with Gasteiger partial charge in [0.1, 0.15) is 0 Å². The van der Waals surface area contributed by atoms with Gasteiger partial charge in [-0.2, -0.15) is 4.67 Å². The Kier molecular flexibility index (Phi) is 2.82. The smallest absolute Gasteiger partial charge is 0.321 e. The molecule has 7 heteroatoms. The first kappa shape index (κ1) is 7.42. The molecule has 0 bridgehead atoms. The highest BCUT2D eigenvalue weighted by Gasteiger charge is 2.13. The fourth-order valence-electron chi connectivity index (χ4n) is 0.0126. The molecule has 0 spiro atoms. The van der Waals surface area contributed by atoms with Crippen LogP contribution in [0.2, 0.25) is 0 Å². The predicted molar refractivity (Wildman–Crippen MR) is 22.4 cm³/mol. The van der Waals surface area contributed by atoms with Crippen LogP contribution in [0.15, 0.2) is 0 Å². The molecule has 7 heavy (non-hydrogen) atoms. The Labute approximate surface area is 43.6 Å². The Morgan fingerprint density at radius 1 is 1.71 bits per heavy atom. The lowest BCUT2D eigenvalue weighted by Gasteiger charge is -1.99. The minimum absolute atomic E-state index is 2.60. The Hall–Kier alpha value is 0.420. The Morgan fingerprint density at radius 2 is 2.14 bits per heavy atom. The van der Waals surface area contributed by atoms with E-state index in [1.807, 2.05) is 0 Å². The summed E-state index contributed by atoms with van der Waals surface area (Å²) in [5.41, 5.74) is 0. The first-order chi connectivity index (χ1) is 3.12. The summed E-state index contributed by atoms with van der Waals surface area (Å²) >= 11 is 3.74. The zero-order valence-corrected chi connectivity index (χ0v) is 4.66. The maximum Gasteiger partial charge on any atom is 0.385 e. The molecule has 0 rings (SSSR count). The van der Waals surface area contributed by atoms with Crippen molar-refractivity contribution in [1.82, 2.24) is 0 Å². The van der Waals surface area contributed by atoms with Crippen molar-refractivity contribution < 1.29 is 24.1 Å². The van der Waals surface area contributed by atoms with Gasteiger partial charge in [0.15, 0.2) is 0 Å². The molecule has 0 amide bonds. The fourth-order valence-corrected chi connectivity index (χ4v) is 0.0378. The van der Waals surface area contributed by atoms with E-state index in [0.717, 1.165) is 0 Å². The average Bonchev–Trinajstić information content (AvgIpc) is 1.68. The maximum absolute atomic E-state index is 10.7. The van der Waals surface area contributed by atoms with Crippen LogP contribution in [0.1, 0.15) is 0 Å². The largest absolute Gasteiger partial charge is 0.385 e. The molecule has 0 aliphatic heterocycles. The predicted octanol–water partition coefficient (Wildman–Crippen LogP) is 0.594. The minimum Gasteiger partial charge on any atom is -0.321 e. The third-order valence-corrected chi connectivity index (χ3v) is 0.940. The average molecular weight is 148 g/mol. The molecule has 1 unspecified atom stereocenters. The monoisotopic (exact) mass is 148 g/mol. The molecule has 0 saturated heterocycles. The van der Waals surface area contributed by atoms with E-state index in [-0.39, 0.29) is 0 Å². The van der Waals surface area contributed by atoms with Crippen LogP contribution < -0.4 is 0 Å². The lowest BCUT2D eigenvalue weighted by molar-refractivity contribution is -0.173. The second-order valence-corrected chi connectivity index (χ2v) is 3.24. The third kappa shape index (κ3) is 3.04. The molecule has 0 aliphatic rings. The molecule has 4 nitrogen and oxygen atoms in total. The SMILES string of the molecule is OOP(O)(=S)OF. The summed E-state index contributed by atoms with van der Waals surface area (Å²) in [5.74, 6) is 0. The molecule has 0 fully saturated rings. The highest BCUT2D eigenvalue weighted by Crippen LogP contribution is 2.42. The van der Waals surface area contributed by atoms with Crippen molar-refractivity contribution in [3.8, 4) is 0 Å². The third-order valence-electron chi connectivity index (χ3n) is 0.190. The Bertz CT molecular complexity index is 83.7. The lowest BCUT2D eigenvalue weighted by atomic mass is 15.0. The zero-order valence-electron chi connectivity index (χ0n) is 2.94. The summed E-state index contributed by atoms with van der Waals surface area (Å²) in [5, 5.41) is 7.42. The summed E-state index contributed by atoms with van der Waals surface area (Å²) < 4.78 is 16.2. The van der Waals surface area contributed by atoms with Crippen molar-refractivity contribution in [2.45, 2.75) is 0 Å². The quantitative estimate of drug-likeness (QED) is 0.341. The first-order valence-corrected chi connectivity index (χ1v) is 3.68. The summed E-state index contributed by atoms with van der Waals surface area (Å²) in [6.07, 6.45) is 0. The Balaban J connectivity index is 3.61. The second kappa shape index (κ2) is 2.66. The fraction of sp³-hybridized carbons (Fsp3) is 0. The molecule has 1 atom stereocenters. The van der Waals surface area contributed by atoms with Gasteiger partial charge >= 0.3 is 6.72 Å². The molecule has 0 saturated carbocycles. The van der Waals surface area contributed by atoms with Crippen LogP contribution in [0.3, 0.4) is 0 Å². The molecule has 0 aromatic carbocycles. The highest BCUT2D eigenvalue weighted by molar-refractivity contribution is 8.07. The number of halogens is 1. The van der Waals surface area contributed by atoms with Gasteiger partial charge in [0.05, 0.1) is 0 Å². The van der Waals surface area contributed by atoms with E-state index in [9.17, 15) is 4.53 Å². The van der Waals surface area contributed by atoms with Crippen LogP contribution in [-0.4, -0.2) is 10.2 Å². The standard InChI is InChI=1S/FH2O4PS/c1-4-6(3,7)5-2/h2H,(H,3,7). The summed E-state index contributed by atoms with van der Waals surface area (Å²) in [4.78, 5) is 7.99. The van der Waals surface area contributed by atoms with Gasteiger partial charge in [-0.05, 0) is 16.3 Å². The number of hydrogen-bond acceptors (Lipinski definition) is 4. The van der Waals surface area contributed by atoms with Crippen molar-refractivity contribution in [2.75, 3.05) is 0 Å². The molecular weight excluding hydrogens is 146 g/mol. The molecule has 44 valence electrons. The molecule has 0 aromatic rings. The van der Waals surface area contributed by atoms with Crippen molar-refractivity contribution in [2.24, 2.45) is 0 Å². The van der Waals surface area contributed by atoms with E-state index in [2.05, 4.69) is 21.2 Å². The van der Waals surface area contributed by atoms with Crippen molar-refractivity contribution >= 4 is 18.5 Å². The van der Waals surface area contributed by atoms with Crippen LogP contribution in [0, 0.1) is 0 Å². The summed E-state index contributed by atoms with van der Waals surface area (Å²) in [6, 6.07) is 0. The van der Waals surface area contributed by atoms with E-state index >= 15 is 0 Å². The topological polar surface area (TPSA) is 58.9 Å². The van der Waals surface area contributed by atoms with Crippen LogP contribution in [0.4, 0.5) is 4.53 Å². The van der Waals surface area contributed by atoms with Gasteiger partial charge in [0.2, 0.25) is 0 Å². The van der Waals surface area contributed by atoms with Gasteiger partial charge in [-0.1, -0.05) is 0 Å². The number of hydrogen-bond donors (Lipinski definition) is 2. The minimum atomic E-state index is -3.93. The summed E-state index contributed by atoms with van der Waals surface area (Å²) in [6.45, 7) is -3.93. The second-order valence-electron chi connectivity index (χ2n) is 0.619. The number of rotatable bonds is 2. The van der Waals surface area contributed by atoms with E-state index in [1.54, 1.807) is 0 Å². The summed E-state index contributed by atoms with van der Waals surface area (Å²) in [7, 11) is 0. The van der Waals surface area contributed by atoms with E-state index in [0.29, 0.717) is 0 Å². The molecule has 0 heterocycles. The van der Waals surface area contributed by atoms with Gasteiger partial charge in [-0.15, -0.1) is 4.73 Å². The van der Waals surface area contributed by atoms with Gasteiger partial charge in [0, 0.05) is 0 Å². The molecule has 0 aromatic heterocycles. The Morgan fingerprint density at radius 3 is 2.14 bits per heavy atom. The van der Waals surface area contributed by atoms with Gasteiger partial charge in [-0.25, -0.2) is 5.26 Å². The van der Waals surface area contributed by atoms with Crippen molar-refractivity contribution in [3.05, 3.63) is 0 Å². The van der Waals surface area contributed by atoms with Crippen LogP contribution in [0.25, 0.3) is 0 Å². The van der Waals surface area contributed by atoms with Crippen LogP contribution in [-0.2, 0) is 21.2 Å². The van der Waals surface area contributed by atoms with Crippen molar-refractivity contribution in [3.63, 3.8) is 0 Å². The molecule has 0 aliphatic carbocycles. The van der Waals surface area contributed by atoms with Gasteiger partial charge in [0.25, 0.3) is 0 Å². The molecule has 0 radical (unpaired) electrons. The van der Waals surface area contributed by atoms with Crippen molar-refractivity contribution in [1.29, 1.82) is 0 Å². The van der Waals surface area contributed by atoms with E-state index in [1.165, 1.54) is 0 Å². The van der Waals surface area contributed by atoms with E-state index in [4.69, 9.17) is 10.2 Å². The molecular formula is H2FO4PS. The maximum atomic E-state index is 10.7.